The number of hydrogen-bond acceptors (Lipinski definition) is 9. The minimum Gasteiger partial charge on any atom is -0.369 e. The van der Waals surface area contributed by atoms with Crippen molar-refractivity contribution in [1.29, 1.82) is 0 Å². The predicted molar refractivity (Wildman–Crippen MR) is 170 cm³/mol. The molecule has 0 amide bonds. The van der Waals surface area contributed by atoms with E-state index >= 15 is 0 Å². The standard InChI is InChI=1S/C31H40N10O2/c1-5-14-39-30(43)26-21-32-31(34-29(26)41(39)27-10-11-28(42)40(35-27)22(2)3)33-23-6-8-24(9-7-23)37-17-19-38(20-18-37)25-12-15-36(4)16-13-25/h5-11,21-22,25H,1,12-20H2,2-4H3,(H,32,33,34). The molecule has 1 N–H and O–H groups in total. The van der Waals surface area contributed by atoms with Gasteiger partial charge in [0.15, 0.2) is 11.5 Å². The van der Waals surface area contributed by atoms with Crippen LogP contribution < -0.4 is 21.3 Å². The zero-order valence-corrected chi connectivity index (χ0v) is 25.2. The SMILES string of the molecule is C=CCn1c(=O)c2cnc(Nc3ccc(N4CCN(C5CCN(C)CC5)CC4)cc3)nc2n1-c1ccc(=O)n(C(C)C)n1. The molecule has 2 aliphatic heterocycles. The van der Waals surface area contributed by atoms with Gasteiger partial charge in [-0.15, -0.1) is 11.7 Å². The molecule has 0 spiro atoms. The van der Waals surface area contributed by atoms with E-state index < -0.39 is 0 Å². The van der Waals surface area contributed by atoms with E-state index in [1.165, 1.54) is 53.2 Å². The highest BCUT2D eigenvalue weighted by Gasteiger charge is 2.26. The quantitative estimate of drug-likeness (QED) is 0.313. The molecule has 0 radical (unpaired) electrons. The van der Waals surface area contributed by atoms with E-state index in [-0.39, 0.29) is 23.7 Å². The molecule has 6 rings (SSSR count). The second kappa shape index (κ2) is 12.1. The van der Waals surface area contributed by atoms with Gasteiger partial charge in [0.05, 0.1) is 12.6 Å². The van der Waals surface area contributed by atoms with Crippen molar-refractivity contribution in [1.82, 2.24) is 38.9 Å². The molecule has 0 bridgehead atoms. The van der Waals surface area contributed by atoms with Crippen molar-refractivity contribution < 1.29 is 0 Å². The van der Waals surface area contributed by atoms with E-state index in [4.69, 9.17) is 4.98 Å². The van der Waals surface area contributed by atoms with Crippen molar-refractivity contribution in [2.75, 3.05) is 56.5 Å². The molecule has 12 nitrogen and oxygen atoms in total. The van der Waals surface area contributed by atoms with Gasteiger partial charge in [0, 0.05) is 55.9 Å². The summed E-state index contributed by atoms with van der Waals surface area (Å²) in [6.07, 6.45) is 5.69. The van der Waals surface area contributed by atoms with E-state index in [2.05, 4.69) is 55.9 Å². The Bertz CT molecular complexity index is 1710. The van der Waals surface area contributed by atoms with Crippen LogP contribution in [-0.4, -0.2) is 91.3 Å². The molecule has 2 aliphatic rings. The van der Waals surface area contributed by atoms with Crippen LogP contribution in [0.25, 0.3) is 16.9 Å². The summed E-state index contributed by atoms with van der Waals surface area (Å²) >= 11 is 0. The van der Waals surface area contributed by atoms with Crippen molar-refractivity contribution in [3.05, 3.63) is 76.0 Å². The molecular weight excluding hydrogens is 544 g/mol. The molecule has 0 aliphatic carbocycles. The Labute approximate surface area is 250 Å². The third-order valence-electron chi connectivity index (χ3n) is 8.50. The maximum absolute atomic E-state index is 13.3. The Balaban J connectivity index is 1.21. The van der Waals surface area contributed by atoms with Gasteiger partial charge in [-0.1, -0.05) is 6.08 Å². The number of piperazine rings is 1. The molecule has 2 fully saturated rings. The number of allylic oxidation sites excluding steroid dienone is 1. The summed E-state index contributed by atoms with van der Waals surface area (Å²) in [7, 11) is 2.21. The van der Waals surface area contributed by atoms with Crippen molar-refractivity contribution in [3.63, 3.8) is 0 Å². The molecule has 1 aromatic carbocycles. The summed E-state index contributed by atoms with van der Waals surface area (Å²) in [5, 5.41) is 8.17. The number of anilines is 3. The first kappa shape index (κ1) is 28.8. The lowest BCUT2D eigenvalue weighted by molar-refractivity contribution is 0.115. The van der Waals surface area contributed by atoms with E-state index in [1.807, 2.05) is 26.0 Å². The average molecular weight is 585 g/mol. The summed E-state index contributed by atoms with van der Waals surface area (Å²) < 4.78 is 4.51. The minimum atomic E-state index is -0.259. The maximum Gasteiger partial charge on any atom is 0.278 e. The number of hydrogen-bond donors (Lipinski definition) is 1. The van der Waals surface area contributed by atoms with Gasteiger partial charge < -0.3 is 15.1 Å². The normalized spacial score (nSPS) is 17.2. The van der Waals surface area contributed by atoms with Crippen LogP contribution >= 0.6 is 0 Å². The second-order valence-corrected chi connectivity index (χ2v) is 11.7. The molecule has 12 heteroatoms. The minimum absolute atomic E-state index is 0.147. The summed E-state index contributed by atoms with van der Waals surface area (Å²) in [6, 6.07) is 11.9. The van der Waals surface area contributed by atoms with Gasteiger partial charge >= 0.3 is 0 Å². The fraction of sp³-hybridized carbons (Fsp3) is 0.452. The summed E-state index contributed by atoms with van der Waals surface area (Å²) in [4.78, 5) is 42.3. The number of piperidine rings is 1. The zero-order chi connectivity index (χ0) is 30.1. The van der Waals surface area contributed by atoms with Crippen LogP contribution in [0.4, 0.5) is 17.3 Å². The van der Waals surface area contributed by atoms with Gasteiger partial charge in [0.1, 0.15) is 5.39 Å². The van der Waals surface area contributed by atoms with E-state index in [0.717, 1.165) is 31.9 Å². The monoisotopic (exact) mass is 584 g/mol. The molecule has 3 aromatic heterocycles. The summed E-state index contributed by atoms with van der Waals surface area (Å²) in [6.45, 7) is 14.4. The second-order valence-electron chi connectivity index (χ2n) is 11.7. The highest BCUT2D eigenvalue weighted by Crippen LogP contribution is 2.24. The molecular formula is C31H40N10O2. The Morgan fingerprint density at radius 2 is 1.72 bits per heavy atom. The summed E-state index contributed by atoms with van der Waals surface area (Å²) in [5.74, 6) is 0.765. The molecule has 2 saturated heterocycles. The van der Waals surface area contributed by atoms with Gasteiger partial charge in [-0.2, -0.15) is 4.98 Å². The van der Waals surface area contributed by atoms with Crippen LogP contribution in [-0.2, 0) is 6.54 Å². The van der Waals surface area contributed by atoms with Gasteiger partial charge in [0.25, 0.3) is 11.1 Å². The smallest absolute Gasteiger partial charge is 0.278 e. The first-order valence-electron chi connectivity index (χ1n) is 15.1. The third kappa shape index (κ3) is 5.84. The zero-order valence-electron chi connectivity index (χ0n) is 25.2. The van der Waals surface area contributed by atoms with Gasteiger partial charge in [-0.05, 0) is 77.2 Å². The lowest BCUT2D eigenvalue weighted by Gasteiger charge is -2.42. The van der Waals surface area contributed by atoms with Crippen LogP contribution in [0.5, 0.6) is 0 Å². The number of likely N-dealkylation sites (tertiary alicyclic amines) is 1. The lowest BCUT2D eigenvalue weighted by atomic mass is 10.0. The highest BCUT2D eigenvalue weighted by molar-refractivity contribution is 5.77. The molecule has 0 unspecified atom stereocenters. The molecule has 226 valence electrons. The number of benzene rings is 1. The Kier molecular flexibility index (Phi) is 8.13. The van der Waals surface area contributed by atoms with Crippen molar-refractivity contribution >= 4 is 28.4 Å². The number of aromatic nitrogens is 6. The lowest BCUT2D eigenvalue weighted by Crippen LogP contribution is -2.52. The molecule has 5 heterocycles. The van der Waals surface area contributed by atoms with E-state index in [9.17, 15) is 9.59 Å². The molecule has 0 atom stereocenters. The van der Waals surface area contributed by atoms with Crippen molar-refractivity contribution in [3.8, 4) is 5.82 Å². The molecule has 0 saturated carbocycles. The maximum atomic E-state index is 13.3. The van der Waals surface area contributed by atoms with Crippen LogP contribution in [0.15, 0.2) is 64.8 Å². The van der Waals surface area contributed by atoms with Crippen LogP contribution in [0.1, 0.15) is 32.7 Å². The summed E-state index contributed by atoms with van der Waals surface area (Å²) in [5.41, 5.74) is 1.97. The first-order valence-corrected chi connectivity index (χ1v) is 15.1. The number of fused-ring (bicyclic) bond motifs is 1. The Hall–Kier alpha value is -4.29. The molecule has 43 heavy (non-hydrogen) atoms. The molecule has 4 aromatic rings. The topological polar surface area (TPSA) is 109 Å². The van der Waals surface area contributed by atoms with Gasteiger partial charge in [-0.3, -0.25) is 14.5 Å². The van der Waals surface area contributed by atoms with Gasteiger partial charge in [-0.25, -0.2) is 19.0 Å². The fourth-order valence-electron chi connectivity index (χ4n) is 6.10. The average Bonchev–Trinajstić information content (AvgIpc) is 3.28. The first-order chi connectivity index (χ1) is 20.8. The van der Waals surface area contributed by atoms with Crippen LogP contribution in [0.3, 0.4) is 0 Å². The van der Waals surface area contributed by atoms with E-state index in [0.29, 0.717) is 28.8 Å². The fourth-order valence-corrected chi connectivity index (χ4v) is 6.10. The Morgan fingerprint density at radius 1 is 1.00 bits per heavy atom. The van der Waals surface area contributed by atoms with Gasteiger partial charge in [0.2, 0.25) is 5.95 Å². The Morgan fingerprint density at radius 3 is 2.40 bits per heavy atom. The van der Waals surface area contributed by atoms with Crippen LogP contribution in [0, 0.1) is 0 Å². The number of nitrogens with zero attached hydrogens (tertiary/aromatic N) is 9. The van der Waals surface area contributed by atoms with Crippen molar-refractivity contribution in [2.24, 2.45) is 0 Å². The number of nitrogens with one attached hydrogen (secondary N) is 1. The highest BCUT2D eigenvalue weighted by atomic mass is 16.1. The van der Waals surface area contributed by atoms with Crippen LogP contribution in [0.2, 0.25) is 0 Å². The number of rotatable bonds is 8. The largest absolute Gasteiger partial charge is 0.369 e. The van der Waals surface area contributed by atoms with Crippen molar-refractivity contribution in [2.45, 2.75) is 45.3 Å². The predicted octanol–water partition coefficient (Wildman–Crippen LogP) is 2.87. The van der Waals surface area contributed by atoms with E-state index in [1.54, 1.807) is 16.8 Å². The third-order valence-corrected chi connectivity index (χ3v) is 8.50.